The lowest BCUT2D eigenvalue weighted by molar-refractivity contribution is -0.0974. The van der Waals surface area contributed by atoms with Crippen LogP contribution in [0.3, 0.4) is 0 Å². The van der Waals surface area contributed by atoms with Crippen LogP contribution in [0.4, 0.5) is 9.18 Å². The van der Waals surface area contributed by atoms with Crippen molar-refractivity contribution in [2.75, 3.05) is 6.61 Å². The van der Waals surface area contributed by atoms with Crippen LogP contribution in [-0.2, 0) is 10.3 Å². The van der Waals surface area contributed by atoms with Gasteiger partial charge in [-0.25, -0.2) is 9.18 Å². The number of carbonyl (C=O) groups excluding carboxylic acids is 1. The molecule has 2 bridgehead atoms. The number of piperidine rings is 2. The molecule has 1 amide bonds. The molecule has 1 aromatic carbocycles. The number of nitrogens with zero attached hydrogens (tertiary/aromatic N) is 1. The summed E-state index contributed by atoms with van der Waals surface area (Å²) in [5.74, 6) is 0.104. The Morgan fingerprint density at radius 2 is 1.93 bits per heavy atom. The van der Waals surface area contributed by atoms with E-state index in [1.807, 2.05) is 27.7 Å². The fourth-order valence-corrected chi connectivity index (χ4v) is 4.41. The predicted octanol–water partition coefficient (Wildman–Crippen LogP) is 4.36. The molecule has 2 aliphatic rings. The van der Waals surface area contributed by atoms with Gasteiger partial charge in [-0.2, -0.15) is 0 Å². The number of carbonyl (C=O) groups is 1. The maximum atomic E-state index is 13.9. The van der Waals surface area contributed by atoms with E-state index in [1.54, 1.807) is 11.0 Å². The van der Waals surface area contributed by atoms with Gasteiger partial charge in [-0.3, -0.25) is 0 Å². The average molecular weight is 379 g/mol. The van der Waals surface area contributed by atoms with Crippen LogP contribution in [0.5, 0.6) is 5.75 Å². The molecule has 3 rings (SSSR count). The molecule has 2 unspecified atom stereocenters. The highest BCUT2D eigenvalue weighted by atomic mass is 19.1. The number of rotatable bonds is 3. The molecule has 1 N–H and O–H groups in total. The Morgan fingerprint density at radius 3 is 2.48 bits per heavy atom. The third kappa shape index (κ3) is 4.21. The molecular formula is C21H30FNO4. The van der Waals surface area contributed by atoms with E-state index in [0.717, 1.165) is 19.3 Å². The Hall–Kier alpha value is -1.82. The third-order valence-electron chi connectivity index (χ3n) is 5.36. The van der Waals surface area contributed by atoms with Crippen molar-refractivity contribution in [2.24, 2.45) is 0 Å². The molecule has 2 atom stereocenters. The zero-order valence-corrected chi connectivity index (χ0v) is 16.6. The lowest BCUT2D eigenvalue weighted by atomic mass is 9.72. The van der Waals surface area contributed by atoms with Gasteiger partial charge in [-0.05, 0) is 65.2 Å². The Balaban J connectivity index is 1.90. The molecule has 2 saturated heterocycles. The van der Waals surface area contributed by atoms with E-state index < -0.39 is 17.0 Å². The van der Waals surface area contributed by atoms with Crippen molar-refractivity contribution in [1.29, 1.82) is 0 Å². The molecule has 2 heterocycles. The fourth-order valence-electron chi connectivity index (χ4n) is 4.41. The van der Waals surface area contributed by atoms with Crippen LogP contribution in [0, 0.1) is 5.82 Å². The standard InChI is InChI=1S/C21H30FNO4/c1-5-26-18-10-9-14(22)11-17(18)21(25)12-15-7-6-8-16(13-21)23(15)19(24)27-20(2,3)4/h9-11,15-16,25H,5-8,12-13H2,1-4H3. The van der Waals surface area contributed by atoms with E-state index in [9.17, 15) is 14.3 Å². The van der Waals surface area contributed by atoms with Crippen LogP contribution < -0.4 is 4.74 Å². The lowest BCUT2D eigenvalue weighted by Gasteiger charge is -2.52. The summed E-state index contributed by atoms with van der Waals surface area (Å²) in [7, 11) is 0. The van der Waals surface area contributed by atoms with Gasteiger partial charge in [-0.15, -0.1) is 0 Å². The summed E-state index contributed by atoms with van der Waals surface area (Å²) in [6, 6.07) is 4.02. The second-order valence-corrected chi connectivity index (χ2v) is 8.64. The van der Waals surface area contributed by atoms with Gasteiger partial charge in [-0.1, -0.05) is 0 Å². The number of ether oxygens (including phenoxy) is 2. The summed E-state index contributed by atoms with van der Waals surface area (Å²) in [6.07, 6.45) is 2.99. The van der Waals surface area contributed by atoms with Crippen molar-refractivity contribution in [3.63, 3.8) is 0 Å². The summed E-state index contributed by atoms with van der Waals surface area (Å²) in [5, 5.41) is 11.5. The molecule has 1 aromatic rings. The maximum absolute atomic E-state index is 13.9. The molecule has 2 fully saturated rings. The van der Waals surface area contributed by atoms with Gasteiger partial charge in [0, 0.05) is 30.5 Å². The summed E-state index contributed by atoms with van der Waals surface area (Å²) in [5.41, 5.74) is -1.31. The van der Waals surface area contributed by atoms with Gasteiger partial charge < -0.3 is 19.5 Å². The third-order valence-corrected chi connectivity index (χ3v) is 5.36. The molecular weight excluding hydrogens is 349 g/mol. The van der Waals surface area contributed by atoms with Crippen molar-refractivity contribution < 1.29 is 23.8 Å². The minimum Gasteiger partial charge on any atom is -0.493 e. The first-order valence-electron chi connectivity index (χ1n) is 9.79. The van der Waals surface area contributed by atoms with Gasteiger partial charge in [0.15, 0.2) is 0 Å². The summed E-state index contributed by atoms with van der Waals surface area (Å²) in [6.45, 7) is 7.84. The highest BCUT2D eigenvalue weighted by Gasteiger charge is 2.50. The van der Waals surface area contributed by atoms with Crippen LogP contribution in [0.2, 0.25) is 0 Å². The molecule has 0 spiro atoms. The quantitative estimate of drug-likeness (QED) is 0.847. The number of benzene rings is 1. The first-order chi connectivity index (χ1) is 12.6. The number of hydrogen-bond donors (Lipinski definition) is 1. The first-order valence-corrected chi connectivity index (χ1v) is 9.79. The van der Waals surface area contributed by atoms with Gasteiger partial charge in [0.25, 0.3) is 0 Å². The van der Waals surface area contributed by atoms with Gasteiger partial charge >= 0.3 is 6.09 Å². The zero-order chi connectivity index (χ0) is 19.8. The molecule has 5 nitrogen and oxygen atoms in total. The maximum Gasteiger partial charge on any atom is 0.410 e. The molecule has 0 aromatic heterocycles. The van der Waals surface area contributed by atoms with E-state index in [2.05, 4.69) is 0 Å². The number of aliphatic hydroxyl groups is 1. The van der Waals surface area contributed by atoms with E-state index in [1.165, 1.54) is 12.1 Å². The van der Waals surface area contributed by atoms with Crippen LogP contribution in [0.15, 0.2) is 18.2 Å². The number of amides is 1. The number of fused-ring (bicyclic) bond motifs is 2. The van der Waals surface area contributed by atoms with Crippen LogP contribution in [-0.4, -0.2) is 40.4 Å². The highest BCUT2D eigenvalue weighted by Crippen LogP contribution is 2.47. The fraction of sp³-hybridized carbons (Fsp3) is 0.667. The second-order valence-electron chi connectivity index (χ2n) is 8.64. The zero-order valence-electron chi connectivity index (χ0n) is 16.6. The van der Waals surface area contributed by atoms with Crippen molar-refractivity contribution in [1.82, 2.24) is 4.90 Å². The Bertz CT molecular complexity index is 686. The van der Waals surface area contributed by atoms with E-state index >= 15 is 0 Å². The van der Waals surface area contributed by atoms with E-state index in [-0.39, 0.29) is 18.2 Å². The van der Waals surface area contributed by atoms with Crippen molar-refractivity contribution in [2.45, 2.75) is 83.1 Å². The second kappa shape index (κ2) is 7.30. The molecule has 150 valence electrons. The monoisotopic (exact) mass is 379 g/mol. The summed E-state index contributed by atoms with van der Waals surface area (Å²) in [4.78, 5) is 14.5. The normalized spacial score (nSPS) is 28.0. The number of halogens is 1. The smallest absolute Gasteiger partial charge is 0.410 e. The van der Waals surface area contributed by atoms with E-state index in [4.69, 9.17) is 9.47 Å². The summed E-state index contributed by atoms with van der Waals surface area (Å²) < 4.78 is 25.2. The SMILES string of the molecule is CCOc1ccc(F)cc1C1(O)CC2CCCC(C1)N2C(=O)OC(C)(C)C. The Kier molecular flexibility index (Phi) is 5.39. The number of hydrogen-bond acceptors (Lipinski definition) is 4. The minimum absolute atomic E-state index is 0.130. The highest BCUT2D eigenvalue weighted by molar-refractivity contribution is 5.69. The van der Waals surface area contributed by atoms with Crippen LogP contribution in [0.25, 0.3) is 0 Å². The predicted molar refractivity (Wildman–Crippen MR) is 100 cm³/mol. The largest absolute Gasteiger partial charge is 0.493 e. The molecule has 27 heavy (non-hydrogen) atoms. The van der Waals surface area contributed by atoms with Crippen molar-refractivity contribution in [3.8, 4) is 5.75 Å². The Morgan fingerprint density at radius 1 is 1.30 bits per heavy atom. The lowest BCUT2D eigenvalue weighted by Crippen LogP contribution is -2.59. The van der Waals surface area contributed by atoms with Crippen LogP contribution >= 0.6 is 0 Å². The molecule has 2 aliphatic heterocycles. The topological polar surface area (TPSA) is 59.0 Å². The van der Waals surface area contributed by atoms with E-state index in [0.29, 0.717) is 30.8 Å². The first kappa shape index (κ1) is 19.9. The molecule has 6 heteroatoms. The molecule has 0 saturated carbocycles. The van der Waals surface area contributed by atoms with Crippen molar-refractivity contribution in [3.05, 3.63) is 29.6 Å². The van der Waals surface area contributed by atoms with Crippen molar-refractivity contribution >= 4 is 6.09 Å². The van der Waals surface area contributed by atoms with Gasteiger partial charge in [0.05, 0.1) is 12.2 Å². The van der Waals surface area contributed by atoms with Crippen LogP contribution in [0.1, 0.15) is 65.4 Å². The minimum atomic E-state index is -1.22. The van der Waals surface area contributed by atoms with Gasteiger partial charge in [0.2, 0.25) is 0 Å². The van der Waals surface area contributed by atoms with Gasteiger partial charge in [0.1, 0.15) is 17.2 Å². The summed E-state index contributed by atoms with van der Waals surface area (Å²) >= 11 is 0. The molecule has 0 radical (unpaired) electrons. The average Bonchev–Trinajstić information content (AvgIpc) is 2.54. The molecule has 0 aliphatic carbocycles. The Labute approximate surface area is 160 Å².